The summed E-state index contributed by atoms with van der Waals surface area (Å²) in [7, 11) is 0. The van der Waals surface area contributed by atoms with Gasteiger partial charge in [0.05, 0.1) is 12.2 Å². The monoisotopic (exact) mass is 292 g/mol. The number of carbonyl (C=O) groups is 3. The number of β-lactam (4-membered cyclic amide) rings is 1. The third-order valence-electron chi connectivity index (χ3n) is 2.86. The van der Waals surface area contributed by atoms with Crippen molar-refractivity contribution in [2.45, 2.75) is 24.8 Å². The molecule has 0 spiro atoms. The Hall–Kier alpha value is -1.82. The van der Waals surface area contributed by atoms with E-state index < -0.39 is 6.04 Å². The Balaban J connectivity index is 1.83. The quantitative estimate of drug-likeness (QED) is 0.748. The molecule has 2 amide bonds. The normalized spacial score (nSPS) is 20.8. The molecule has 0 aromatic heterocycles. The number of carbonyl (C=O) groups excluding carboxylic acids is 3. The molecule has 0 bridgehead atoms. The maximum Gasteiger partial charge on any atom is 0.246 e. The maximum atomic E-state index is 11.9. The van der Waals surface area contributed by atoms with Crippen molar-refractivity contribution >= 4 is 29.4 Å². The molecule has 1 aliphatic heterocycles. The molecule has 5 nitrogen and oxygen atoms in total. The summed E-state index contributed by atoms with van der Waals surface area (Å²) in [6, 6.07) is 8.80. The van der Waals surface area contributed by atoms with Crippen LogP contribution in [0.15, 0.2) is 30.3 Å². The average Bonchev–Trinajstić information content (AvgIpc) is 2.41. The number of benzene rings is 1. The van der Waals surface area contributed by atoms with E-state index in [-0.39, 0.29) is 29.4 Å². The number of nitrogens with one attached hydrogen (secondary N) is 2. The van der Waals surface area contributed by atoms with Gasteiger partial charge >= 0.3 is 0 Å². The fourth-order valence-corrected chi connectivity index (χ4v) is 2.84. The Morgan fingerprint density at radius 1 is 1.30 bits per heavy atom. The summed E-state index contributed by atoms with van der Waals surface area (Å²) in [5.74, 6) is -0.0156. The summed E-state index contributed by atoms with van der Waals surface area (Å²) in [5.41, 5.74) is 0.901. The third-order valence-corrected chi connectivity index (χ3v) is 4.18. The van der Waals surface area contributed by atoms with E-state index in [9.17, 15) is 14.4 Å². The highest BCUT2D eigenvalue weighted by atomic mass is 32.2. The first-order valence-electron chi connectivity index (χ1n) is 6.31. The van der Waals surface area contributed by atoms with Crippen molar-refractivity contribution in [3.63, 3.8) is 0 Å². The number of hydrogen-bond donors (Lipinski definition) is 2. The molecule has 0 saturated carbocycles. The predicted octanol–water partition coefficient (Wildman–Crippen LogP) is 0.492. The van der Waals surface area contributed by atoms with Crippen LogP contribution in [0.3, 0.4) is 0 Å². The van der Waals surface area contributed by atoms with Crippen molar-refractivity contribution in [1.82, 2.24) is 10.6 Å². The van der Waals surface area contributed by atoms with Gasteiger partial charge < -0.3 is 10.6 Å². The SMILES string of the molecule is CC(=O)CS[C@H]1NC(=O)[C@H]1NC(=O)Cc1ccccc1. The lowest BCUT2D eigenvalue weighted by Crippen LogP contribution is -2.68. The van der Waals surface area contributed by atoms with Gasteiger partial charge in [-0.05, 0) is 12.5 Å². The Morgan fingerprint density at radius 2 is 2.00 bits per heavy atom. The van der Waals surface area contributed by atoms with E-state index in [4.69, 9.17) is 0 Å². The third kappa shape index (κ3) is 3.84. The smallest absolute Gasteiger partial charge is 0.246 e. The molecule has 6 heteroatoms. The maximum absolute atomic E-state index is 11.9. The van der Waals surface area contributed by atoms with E-state index in [2.05, 4.69) is 10.6 Å². The Bertz CT molecular complexity index is 518. The fraction of sp³-hybridized carbons (Fsp3) is 0.357. The highest BCUT2D eigenvalue weighted by molar-refractivity contribution is 8.00. The molecular formula is C14H16N2O3S. The number of ketones is 1. The van der Waals surface area contributed by atoms with E-state index >= 15 is 0 Å². The second-order valence-corrected chi connectivity index (χ2v) is 5.78. The van der Waals surface area contributed by atoms with Crippen LogP contribution < -0.4 is 10.6 Å². The van der Waals surface area contributed by atoms with Crippen LogP contribution in [-0.4, -0.2) is 34.8 Å². The molecule has 1 aliphatic rings. The van der Waals surface area contributed by atoms with Gasteiger partial charge in [0.15, 0.2) is 0 Å². The highest BCUT2D eigenvalue weighted by Crippen LogP contribution is 2.20. The van der Waals surface area contributed by atoms with Crippen molar-refractivity contribution < 1.29 is 14.4 Å². The molecule has 20 heavy (non-hydrogen) atoms. The van der Waals surface area contributed by atoms with E-state index in [1.54, 1.807) is 0 Å². The lowest BCUT2D eigenvalue weighted by atomic mass is 10.1. The van der Waals surface area contributed by atoms with Gasteiger partial charge in [-0.2, -0.15) is 0 Å². The van der Waals surface area contributed by atoms with Crippen molar-refractivity contribution in [2.75, 3.05) is 5.75 Å². The second kappa shape index (κ2) is 6.56. The van der Waals surface area contributed by atoms with E-state index in [0.29, 0.717) is 5.75 Å². The van der Waals surface area contributed by atoms with Crippen molar-refractivity contribution in [1.29, 1.82) is 0 Å². The van der Waals surface area contributed by atoms with Crippen molar-refractivity contribution in [3.8, 4) is 0 Å². The molecule has 1 fully saturated rings. The summed E-state index contributed by atoms with van der Waals surface area (Å²) in [6.45, 7) is 1.50. The van der Waals surface area contributed by atoms with E-state index in [0.717, 1.165) is 5.56 Å². The number of hydrogen-bond acceptors (Lipinski definition) is 4. The summed E-state index contributed by atoms with van der Waals surface area (Å²) >= 11 is 1.34. The van der Waals surface area contributed by atoms with Gasteiger partial charge in [0.25, 0.3) is 0 Å². The second-order valence-electron chi connectivity index (χ2n) is 4.65. The molecule has 1 aromatic carbocycles. The molecule has 1 heterocycles. The molecule has 2 N–H and O–H groups in total. The number of thioether (sulfide) groups is 1. The molecule has 0 unspecified atom stereocenters. The Labute approximate surface area is 121 Å². The Morgan fingerprint density at radius 3 is 2.60 bits per heavy atom. The van der Waals surface area contributed by atoms with Crippen LogP contribution in [0.1, 0.15) is 12.5 Å². The van der Waals surface area contributed by atoms with Crippen LogP contribution >= 0.6 is 11.8 Å². The van der Waals surface area contributed by atoms with Crippen LogP contribution in [0.5, 0.6) is 0 Å². The summed E-state index contributed by atoms with van der Waals surface area (Å²) in [5, 5.41) is 5.16. The van der Waals surface area contributed by atoms with Crippen molar-refractivity contribution in [3.05, 3.63) is 35.9 Å². The van der Waals surface area contributed by atoms with Crippen LogP contribution in [0.4, 0.5) is 0 Å². The standard InChI is InChI=1S/C14H16N2O3S/c1-9(17)8-20-14-12(13(19)16-14)15-11(18)7-10-5-3-2-4-6-10/h2-6,12,14H,7-8H2,1H3,(H,15,18)(H,16,19)/t12-,14-/m1/s1. The minimum atomic E-state index is -0.546. The molecule has 2 rings (SSSR count). The van der Waals surface area contributed by atoms with Crippen LogP contribution in [0.2, 0.25) is 0 Å². The fourth-order valence-electron chi connectivity index (χ4n) is 1.85. The minimum absolute atomic E-state index is 0.0468. The van der Waals surface area contributed by atoms with Gasteiger partial charge in [-0.15, -0.1) is 11.8 Å². The zero-order valence-corrected chi connectivity index (χ0v) is 11.9. The summed E-state index contributed by atoms with van der Waals surface area (Å²) in [6.07, 6.45) is 0.245. The first-order valence-corrected chi connectivity index (χ1v) is 7.36. The molecule has 1 saturated heterocycles. The predicted molar refractivity (Wildman–Crippen MR) is 77.1 cm³/mol. The number of amides is 2. The zero-order chi connectivity index (χ0) is 14.5. The minimum Gasteiger partial charge on any atom is -0.341 e. The molecular weight excluding hydrogens is 276 g/mol. The van der Waals surface area contributed by atoms with Gasteiger partial charge in [0, 0.05) is 0 Å². The largest absolute Gasteiger partial charge is 0.341 e. The zero-order valence-electron chi connectivity index (χ0n) is 11.1. The molecule has 2 atom stereocenters. The molecule has 0 radical (unpaired) electrons. The van der Waals surface area contributed by atoms with E-state index in [1.165, 1.54) is 18.7 Å². The van der Waals surface area contributed by atoms with Crippen LogP contribution in [0.25, 0.3) is 0 Å². The van der Waals surface area contributed by atoms with Gasteiger partial charge in [0.1, 0.15) is 17.2 Å². The summed E-state index contributed by atoms with van der Waals surface area (Å²) in [4.78, 5) is 34.2. The van der Waals surface area contributed by atoms with Crippen molar-refractivity contribution in [2.24, 2.45) is 0 Å². The van der Waals surface area contributed by atoms with Crippen LogP contribution in [-0.2, 0) is 20.8 Å². The lowest BCUT2D eigenvalue weighted by Gasteiger charge is -2.36. The van der Waals surface area contributed by atoms with Gasteiger partial charge in [-0.25, -0.2) is 0 Å². The van der Waals surface area contributed by atoms with E-state index in [1.807, 2.05) is 30.3 Å². The lowest BCUT2D eigenvalue weighted by molar-refractivity contribution is -0.134. The average molecular weight is 292 g/mol. The highest BCUT2D eigenvalue weighted by Gasteiger charge is 2.40. The molecule has 0 aliphatic carbocycles. The first kappa shape index (κ1) is 14.6. The number of rotatable bonds is 6. The van der Waals surface area contributed by atoms with Crippen LogP contribution in [0, 0.1) is 0 Å². The topological polar surface area (TPSA) is 75.3 Å². The molecule has 106 valence electrons. The van der Waals surface area contributed by atoms with Gasteiger partial charge in [0.2, 0.25) is 11.8 Å². The molecule has 1 aromatic rings. The Kier molecular flexibility index (Phi) is 4.79. The first-order chi connectivity index (χ1) is 9.56. The summed E-state index contributed by atoms with van der Waals surface area (Å²) < 4.78 is 0. The van der Waals surface area contributed by atoms with Gasteiger partial charge in [-0.1, -0.05) is 30.3 Å². The van der Waals surface area contributed by atoms with Gasteiger partial charge in [-0.3, -0.25) is 14.4 Å². The number of Topliss-reactive ketones (excluding diaryl/α,β-unsaturated/α-hetero) is 1.